The fraction of sp³-hybridized carbons (Fsp3) is 0.0435. The molecule has 6 rings (SSSR count). The molecule has 2 aromatic carbocycles. The maximum absolute atomic E-state index is 4.90. The molecule has 6 aromatic rings. The Hall–Kier alpha value is -4.26. The standard InChI is InChI=1S/C23H17N7/c1-2-4-15(5-3-1)13-30-14-18(10-27-30)19-11-24-23-22(19)28-21(12-25-23)16-6-7-17-9-26-29-20(17)8-16/h1-12,14H,13H2,(H,24,25)(H,26,29). The molecular weight excluding hydrogens is 374 g/mol. The number of nitrogens with zero attached hydrogens (tertiary/aromatic N) is 5. The van der Waals surface area contributed by atoms with E-state index < -0.39 is 0 Å². The minimum absolute atomic E-state index is 0.727. The lowest BCUT2D eigenvalue weighted by molar-refractivity contribution is 0.687. The second kappa shape index (κ2) is 6.66. The van der Waals surface area contributed by atoms with Gasteiger partial charge < -0.3 is 4.98 Å². The van der Waals surface area contributed by atoms with Crippen LogP contribution in [0.4, 0.5) is 0 Å². The van der Waals surface area contributed by atoms with Gasteiger partial charge in [0.25, 0.3) is 0 Å². The number of hydrogen-bond donors (Lipinski definition) is 2. The van der Waals surface area contributed by atoms with Crippen molar-refractivity contribution in [2.75, 3.05) is 0 Å². The predicted octanol–water partition coefficient (Wildman–Crippen LogP) is 4.41. The van der Waals surface area contributed by atoms with E-state index in [4.69, 9.17) is 4.98 Å². The Balaban J connectivity index is 1.38. The van der Waals surface area contributed by atoms with Crippen molar-refractivity contribution < 1.29 is 0 Å². The summed E-state index contributed by atoms with van der Waals surface area (Å²) in [7, 11) is 0. The van der Waals surface area contributed by atoms with Crippen LogP contribution in [-0.2, 0) is 6.54 Å². The summed E-state index contributed by atoms with van der Waals surface area (Å²) in [5.74, 6) is 0. The Morgan fingerprint density at radius 3 is 2.80 bits per heavy atom. The third kappa shape index (κ3) is 2.84. The van der Waals surface area contributed by atoms with E-state index >= 15 is 0 Å². The molecule has 30 heavy (non-hydrogen) atoms. The molecule has 4 heterocycles. The van der Waals surface area contributed by atoms with Crippen molar-refractivity contribution in [2.45, 2.75) is 6.54 Å². The van der Waals surface area contributed by atoms with Gasteiger partial charge in [-0.3, -0.25) is 9.78 Å². The van der Waals surface area contributed by atoms with Gasteiger partial charge in [0.05, 0.1) is 36.3 Å². The molecule has 7 nitrogen and oxygen atoms in total. The Morgan fingerprint density at radius 2 is 1.87 bits per heavy atom. The van der Waals surface area contributed by atoms with Crippen LogP contribution in [0, 0.1) is 0 Å². The maximum atomic E-state index is 4.90. The highest BCUT2D eigenvalue weighted by Gasteiger charge is 2.13. The number of aromatic nitrogens is 7. The summed E-state index contributed by atoms with van der Waals surface area (Å²) >= 11 is 0. The van der Waals surface area contributed by atoms with Gasteiger partial charge in [0.2, 0.25) is 0 Å². The van der Waals surface area contributed by atoms with E-state index in [1.807, 2.05) is 65.9 Å². The van der Waals surface area contributed by atoms with Crippen LogP contribution >= 0.6 is 0 Å². The van der Waals surface area contributed by atoms with E-state index in [-0.39, 0.29) is 0 Å². The molecule has 0 saturated heterocycles. The molecular formula is C23H17N7. The van der Waals surface area contributed by atoms with Gasteiger partial charge in [0, 0.05) is 34.5 Å². The smallest absolute Gasteiger partial charge is 0.156 e. The van der Waals surface area contributed by atoms with Gasteiger partial charge in [0.1, 0.15) is 5.52 Å². The van der Waals surface area contributed by atoms with E-state index in [0.717, 1.165) is 51.0 Å². The largest absolute Gasteiger partial charge is 0.344 e. The van der Waals surface area contributed by atoms with Gasteiger partial charge in [-0.05, 0) is 11.6 Å². The molecule has 4 aromatic heterocycles. The summed E-state index contributed by atoms with van der Waals surface area (Å²) in [5.41, 5.74) is 7.58. The molecule has 0 aliphatic heterocycles. The highest BCUT2D eigenvalue weighted by Crippen LogP contribution is 2.29. The summed E-state index contributed by atoms with van der Waals surface area (Å²) in [6.45, 7) is 0.727. The molecule has 0 fully saturated rings. The first-order valence-corrected chi connectivity index (χ1v) is 9.68. The van der Waals surface area contributed by atoms with Crippen LogP contribution in [0.1, 0.15) is 5.56 Å². The van der Waals surface area contributed by atoms with Crippen molar-refractivity contribution in [3.63, 3.8) is 0 Å². The van der Waals surface area contributed by atoms with Gasteiger partial charge in [-0.15, -0.1) is 0 Å². The van der Waals surface area contributed by atoms with Crippen molar-refractivity contribution in [3.8, 4) is 22.4 Å². The molecule has 2 N–H and O–H groups in total. The maximum Gasteiger partial charge on any atom is 0.156 e. The quantitative estimate of drug-likeness (QED) is 0.466. The zero-order valence-corrected chi connectivity index (χ0v) is 15.9. The average Bonchev–Trinajstić information content (AvgIpc) is 3.52. The van der Waals surface area contributed by atoms with Crippen molar-refractivity contribution >= 4 is 22.1 Å². The van der Waals surface area contributed by atoms with E-state index in [1.54, 1.807) is 6.20 Å². The fourth-order valence-electron chi connectivity index (χ4n) is 3.71. The van der Waals surface area contributed by atoms with Crippen molar-refractivity contribution in [1.82, 2.24) is 34.9 Å². The van der Waals surface area contributed by atoms with Crippen LogP contribution in [0.3, 0.4) is 0 Å². The zero-order valence-electron chi connectivity index (χ0n) is 15.9. The summed E-state index contributed by atoms with van der Waals surface area (Å²) in [6.07, 6.45) is 9.46. The van der Waals surface area contributed by atoms with Gasteiger partial charge >= 0.3 is 0 Å². The Bertz CT molecular complexity index is 1470. The normalized spacial score (nSPS) is 11.5. The second-order valence-corrected chi connectivity index (χ2v) is 7.24. The molecule has 0 aliphatic carbocycles. The van der Waals surface area contributed by atoms with Crippen LogP contribution in [0.15, 0.2) is 79.5 Å². The highest BCUT2D eigenvalue weighted by atomic mass is 15.3. The van der Waals surface area contributed by atoms with E-state index in [0.29, 0.717) is 0 Å². The number of fused-ring (bicyclic) bond motifs is 2. The zero-order chi connectivity index (χ0) is 19.9. The average molecular weight is 391 g/mol. The molecule has 0 atom stereocenters. The predicted molar refractivity (Wildman–Crippen MR) is 116 cm³/mol. The lowest BCUT2D eigenvalue weighted by Gasteiger charge is -2.02. The van der Waals surface area contributed by atoms with Gasteiger partial charge in [0.15, 0.2) is 5.65 Å². The first kappa shape index (κ1) is 16.7. The van der Waals surface area contributed by atoms with Gasteiger partial charge in [-0.1, -0.05) is 42.5 Å². The molecule has 0 spiro atoms. The lowest BCUT2D eigenvalue weighted by Crippen LogP contribution is -1.99. The molecule has 0 saturated carbocycles. The molecule has 144 valence electrons. The van der Waals surface area contributed by atoms with Crippen LogP contribution in [0.2, 0.25) is 0 Å². The third-order valence-electron chi connectivity index (χ3n) is 5.25. The topological polar surface area (TPSA) is 88.1 Å². The minimum Gasteiger partial charge on any atom is -0.344 e. The van der Waals surface area contributed by atoms with Crippen LogP contribution in [0.25, 0.3) is 44.5 Å². The molecule has 0 aliphatic rings. The Kier molecular flexibility index (Phi) is 3.70. The molecule has 0 bridgehead atoms. The number of aromatic amines is 2. The number of nitrogens with one attached hydrogen (secondary N) is 2. The Labute approximate surface area is 171 Å². The number of rotatable bonds is 4. The molecule has 7 heteroatoms. The van der Waals surface area contributed by atoms with Crippen LogP contribution in [-0.4, -0.2) is 34.9 Å². The monoisotopic (exact) mass is 391 g/mol. The summed E-state index contributed by atoms with van der Waals surface area (Å²) in [6, 6.07) is 16.4. The van der Waals surface area contributed by atoms with Crippen molar-refractivity contribution in [3.05, 3.63) is 85.1 Å². The van der Waals surface area contributed by atoms with Gasteiger partial charge in [-0.25, -0.2) is 9.97 Å². The lowest BCUT2D eigenvalue weighted by atomic mass is 10.1. The molecule has 0 radical (unpaired) electrons. The third-order valence-corrected chi connectivity index (χ3v) is 5.25. The van der Waals surface area contributed by atoms with E-state index in [1.165, 1.54) is 5.56 Å². The fourth-order valence-corrected chi connectivity index (χ4v) is 3.71. The van der Waals surface area contributed by atoms with Crippen molar-refractivity contribution in [2.24, 2.45) is 0 Å². The summed E-state index contributed by atoms with van der Waals surface area (Å²) in [4.78, 5) is 12.7. The van der Waals surface area contributed by atoms with Crippen molar-refractivity contribution in [1.29, 1.82) is 0 Å². The van der Waals surface area contributed by atoms with E-state index in [2.05, 4.69) is 37.4 Å². The second-order valence-electron chi connectivity index (χ2n) is 7.24. The summed E-state index contributed by atoms with van der Waals surface area (Å²) < 4.78 is 1.94. The number of benzene rings is 2. The van der Waals surface area contributed by atoms with Crippen LogP contribution < -0.4 is 0 Å². The minimum atomic E-state index is 0.727. The first-order valence-electron chi connectivity index (χ1n) is 9.68. The SMILES string of the molecule is c1ccc(Cn2cc(-c3c[nH]c4ncc(-c5ccc6cn[nH]c6c5)nc34)cn2)cc1. The first-order chi connectivity index (χ1) is 14.8. The number of hydrogen-bond acceptors (Lipinski definition) is 4. The molecule has 0 amide bonds. The van der Waals surface area contributed by atoms with E-state index in [9.17, 15) is 0 Å². The Morgan fingerprint density at radius 1 is 0.933 bits per heavy atom. The number of H-pyrrole nitrogens is 2. The summed E-state index contributed by atoms with van der Waals surface area (Å²) in [5, 5.41) is 12.7. The van der Waals surface area contributed by atoms with Gasteiger partial charge in [-0.2, -0.15) is 10.2 Å². The van der Waals surface area contributed by atoms with Crippen LogP contribution in [0.5, 0.6) is 0 Å². The molecule has 0 unspecified atom stereocenters. The highest BCUT2D eigenvalue weighted by molar-refractivity contribution is 5.91.